The third-order valence-electron chi connectivity index (χ3n) is 4.07. The van der Waals surface area contributed by atoms with E-state index in [1.54, 1.807) is 6.92 Å². The number of aromatic amines is 1. The molecule has 0 saturated carbocycles. The van der Waals surface area contributed by atoms with Gasteiger partial charge in [-0.15, -0.1) is 0 Å². The van der Waals surface area contributed by atoms with E-state index in [1.807, 2.05) is 45.9 Å². The van der Waals surface area contributed by atoms with Crippen molar-refractivity contribution in [2.75, 3.05) is 7.11 Å². The molecule has 0 aliphatic heterocycles. The molecule has 1 heterocycles. The fourth-order valence-corrected chi connectivity index (χ4v) is 2.57. The third-order valence-corrected chi connectivity index (χ3v) is 4.07. The lowest BCUT2D eigenvalue weighted by molar-refractivity contribution is -0.136. The van der Waals surface area contributed by atoms with Crippen LogP contribution in [0.3, 0.4) is 0 Å². The number of aromatic nitrogens is 2. The number of hydrogen-bond acceptors (Lipinski definition) is 5. The van der Waals surface area contributed by atoms with E-state index in [0.717, 1.165) is 11.1 Å². The summed E-state index contributed by atoms with van der Waals surface area (Å²) in [6.07, 6.45) is -0.509. The van der Waals surface area contributed by atoms with Crippen LogP contribution in [0.4, 0.5) is 0 Å². The zero-order valence-corrected chi connectivity index (χ0v) is 16.1. The summed E-state index contributed by atoms with van der Waals surface area (Å²) in [5.74, 6) is 0.617. The highest BCUT2D eigenvalue weighted by Crippen LogP contribution is 2.29. The Morgan fingerprint density at radius 2 is 1.85 bits per heavy atom. The number of benzene rings is 1. The third kappa shape index (κ3) is 4.42. The number of nitrogens with zero attached hydrogens (tertiary/aromatic N) is 1. The highest BCUT2D eigenvalue weighted by molar-refractivity contribution is 5.40. The Kier molecular flexibility index (Phi) is 6.39. The monoisotopic (exact) mass is 362 g/mol. The summed E-state index contributed by atoms with van der Waals surface area (Å²) in [6.45, 7) is 9.24. The van der Waals surface area contributed by atoms with Crippen molar-refractivity contribution in [3.63, 3.8) is 0 Å². The molecular weight excluding hydrogens is 336 g/mol. The number of nitrogens with one attached hydrogen (secondary N) is 1. The van der Waals surface area contributed by atoms with Crippen LogP contribution in [0.5, 0.6) is 11.6 Å². The van der Waals surface area contributed by atoms with Crippen LogP contribution in [0.25, 0.3) is 0 Å². The largest absolute Gasteiger partial charge is 0.440 e. The molecule has 1 aromatic heterocycles. The van der Waals surface area contributed by atoms with Crippen molar-refractivity contribution < 1.29 is 14.2 Å². The second kappa shape index (κ2) is 8.33. The zero-order chi connectivity index (χ0) is 19.4. The minimum Gasteiger partial charge on any atom is -0.440 e. The van der Waals surface area contributed by atoms with Crippen molar-refractivity contribution in [3.8, 4) is 11.6 Å². The van der Waals surface area contributed by atoms with Gasteiger partial charge in [-0.1, -0.05) is 31.5 Å². The van der Waals surface area contributed by atoms with Crippen molar-refractivity contribution >= 4 is 0 Å². The predicted molar refractivity (Wildman–Crippen MR) is 99.0 cm³/mol. The van der Waals surface area contributed by atoms with Crippen LogP contribution in [0.15, 0.2) is 27.8 Å². The summed E-state index contributed by atoms with van der Waals surface area (Å²) in [6, 6.07) is 5.71. The van der Waals surface area contributed by atoms with Crippen LogP contribution in [-0.4, -0.2) is 23.0 Å². The summed E-state index contributed by atoms with van der Waals surface area (Å²) < 4.78 is 17.9. The first-order valence-electron chi connectivity index (χ1n) is 8.51. The lowest BCUT2D eigenvalue weighted by Crippen LogP contribution is -2.35. The van der Waals surface area contributed by atoms with Crippen molar-refractivity contribution in [1.82, 2.24) is 9.55 Å². The zero-order valence-electron chi connectivity index (χ0n) is 16.1. The topological polar surface area (TPSA) is 82.6 Å². The molecule has 142 valence electrons. The lowest BCUT2D eigenvalue weighted by Gasteiger charge is -2.20. The van der Waals surface area contributed by atoms with Crippen molar-refractivity contribution in [1.29, 1.82) is 0 Å². The summed E-state index contributed by atoms with van der Waals surface area (Å²) in [7, 11) is 1.51. The van der Waals surface area contributed by atoms with Gasteiger partial charge in [-0.3, -0.25) is 9.78 Å². The number of methoxy groups -OCH3 is 1. The normalized spacial score (nSPS) is 12.4. The predicted octanol–water partition coefficient (Wildman–Crippen LogP) is 3.04. The molecule has 7 heteroatoms. The maximum Gasteiger partial charge on any atom is 0.333 e. The average Bonchev–Trinajstić information content (AvgIpc) is 2.55. The second-order valence-corrected chi connectivity index (χ2v) is 6.53. The maximum absolute atomic E-state index is 12.4. The summed E-state index contributed by atoms with van der Waals surface area (Å²) >= 11 is 0. The Bertz CT molecular complexity index is 882. The second-order valence-electron chi connectivity index (χ2n) is 6.53. The van der Waals surface area contributed by atoms with Gasteiger partial charge < -0.3 is 14.2 Å². The van der Waals surface area contributed by atoms with Gasteiger partial charge in [0.25, 0.3) is 5.56 Å². The number of ether oxygens (including phenoxy) is 3. The number of H-pyrrole nitrogens is 1. The summed E-state index contributed by atoms with van der Waals surface area (Å²) in [5.41, 5.74) is 1.34. The first kappa shape index (κ1) is 19.9. The lowest BCUT2D eigenvalue weighted by atomic mass is 10.1. The Hall–Kier alpha value is -2.38. The molecule has 1 unspecified atom stereocenters. The molecular formula is C19H26N2O5. The summed E-state index contributed by atoms with van der Waals surface area (Å²) in [5, 5.41) is 0. The van der Waals surface area contributed by atoms with Gasteiger partial charge in [-0.05, 0) is 38.3 Å². The molecule has 0 bridgehead atoms. The number of rotatable bonds is 7. The molecule has 0 aliphatic rings. The van der Waals surface area contributed by atoms with Gasteiger partial charge in [0, 0.05) is 7.11 Å². The van der Waals surface area contributed by atoms with E-state index >= 15 is 0 Å². The van der Waals surface area contributed by atoms with Crippen LogP contribution in [0, 0.1) is 13.8 Å². The van der Waals surface area contributed by atoms with Crippen LogP contribution in [0.2, 0.25) is 0 Å². The van der Waals surface area contributed by atoms with Gasteiger partial charge in [0.05, 0.1) is 5.56 Å². The molecule has 0 fully saturated rings. The van der Waals surface area contributed by atoms with E-state index in [0.29, 0.717) is 11.3 Å². The van der Waals surface area contributed by atoms with Gasteiger partial charge in [0.1, 0.15) is 12.5 Å². The van der Waals surface area contributed by atoms with Crippen LogP contribution in [0.1, 0.15) is 43.4 Å². The van der Waals surface area contributed by atoms with E-state index < -0.39 is 17.5 Å². The highest BCUT2D eigenvalue weighted by atomic mass is 16.7. The number of hydrogen-bond donors (Lipinski definition) is 1. The Balaban J connectivity index is 2.58. The quantitative estimate of drug-likeness (QED) is 0.766. The molecule has 0 amide bonds. The maximum atomic E-state index is 12.4. The van der Waals surface area contributed by atoms with Crippen LogP contribution >= 0.6 is 0 Å². The molecule has 1 aromatic carbocycles. The minimum atomic E-state index is -0.595. The van der Waals surface area contributed by atoms with E-state index in [4.69, 9.17) is 14.2 Å². The van der Waals surface area contributed by atoms with Crippen molar-refractivity contribution in [2.24, 2.45) is 0 Å². The fourth-order valence-electron chi connectivity index (χ4n) is 2.57. The van der Waals surface area contributed by atoms with Gasteiger partial charge >= 0.3 is 5.69 Å². The van der Waals surface area contributed by atoms with Gasteiger partial charge in [-0.25, -0.2) is 9.36 Å². The molecule has 1 N–H and O–H groups in total. The van der Waals surface area contributed by atoms with Gasteiger partial charge in [0.15, 0.2) is 6.29 Å². The van der Waals surface area contributed by atoms with E-state index in [-0.39, 0.29) is 18.5 Å². The fraction of sp³-hybridized carbons (Fsp3) is 0.474. The molecule has 0 aliphatic carbocycles. The Morgan fingerprint density at radius 1 is 1.15 bits per heavy atom. The molecule has 0 spiro atoms. The van der Waals surface area contributed by atoms with Crippen LogP contribution < -0.4 is 16.0 Å². The first-order valence-corrected chi connectivity index (χ1v) is 8.51. The van der Waals surface area contributed by atoms with E-state index in [1.165, 1.54) is 11.7 Å². The Labute approximate surface area is 152 Å². The molecule has 1 atom stereocenters. The van der Waals surface area contributed by atoms with Crippen molar-refractivity contribution in [3.05, 3.63) is 55.7 Å². The van der Waals surface area contributed by atoms with E-state index in [2.05, 4.69) is 4.98 Å². The van der Waals surface area contributed by atoms with Crippen LogP contribution in [-0.2, 0) is 16.2 Å². The highest BCUT2D eigenvalue weighted by Gasteiger charge is 2.21. The molecule has 2 aromatic rings. The first-order chi connectivity index (χ1) is 12.2. The molecule has 0 saturated heterocycles. The molecule has 2 rings (SSSR count). The number of aryl methyl sites for hydroxylation is 2. The minimum absolute atomic E-state index is 0.107. The molecule has 7 nitrogen and oxygen atoms in total. The van der Waals surface area contributed by atoms with Crippen molar-refractivity contribution in [2.45, 2.75) is 53.6 Å². The molecule has 26 heavy (non-hydrogen) atoms. The average molecular weight is 362 g/mol. The standard InChI is InChI=1S/C19H26N2O5/c1-11(2)16-17(22)20-19(23)21(10-25-14(5)24-6)18(16)26-15-8-7-12(3)9-13(15)4/h7-9,11,14H,10H2,1-6H3,(H,20,22,23). The molecule has 0 radical (unpaired) electrons. The van der Waals surface area contributed by atoms with E-state index in [9.17, 15) is 9.59 Å². The van der Waals surface area contributed by atoms with Gasteiger partial charge in [-0.2, -0.15) is 0 Å². The smallest absolute Gasteiger partial charge is 0.333 e. The SMILES string of the molecule is COC(C)OCn1c(Oc2ccc(C)cc2C)c(C(C)C)c(=O)[nH]c1=O. The summed E-state index contributed by atoms with van der Waals surface area (Å²) in [4.78, 5) is 27.1. The van der Waals surface area contributed by atoms with Gasteiger partial charge in [0.2, 0.25) is 5.88 Å². The Morgan fingerprint density at radius 3 is 2.42 bits per heavy atom.